The van der Waals surface area contributed by atoms with Crippen molar-refractivity contribution in [1.82, 2.24) is 20.2 Å². The third kappa shape index (κ3) is 4.62. The number of hydrogen-bond donors (Lipinski definition) is 1. The molecule has 0 aliphatic carbocycles. The van der Waals surface area contributed by atoms with E-state index < -0.39 is 0 Å². The molecule has 2 saturated heterocycles. The molecular formula is C16H25N5O2. The fourth-order valence-corrected chi connectivity index (χ4v) is 2.95. The molecule has 1 aromatic rings. The van der Waals surface area contributed by atoms with Gasteiger partial charge in [0.1, 0.15) is 0 Å². The largest absolute Gasteiger partial charge is 0.379 e. The van der Waals surface area contributed by atoms with Gasteiger partial charge >= 0.3 is 0 Å². The third-order valence-electron chi connectivity index (χ3n) is 4.36. The molecule has 0 aromatic carbocycles. The Bertz CT molecular complexity index is 496. The molecule has 3 rings (SSSR count). The molecule has 1 aromatic heterocycles. The average Bonchev–Trinajstić information content (AvgIpc) is 2.63. The van der Waals surface area contributed by atoms with Crippen LogP contribution in [0.25, 0.3) is 0 Å². The quantitative estimate of drug-likeness (QED) is 0.854. The van der Waals surface area contributed by atoms with Crippen LogP contribution in [-0.4, -0.2) is 73.3 Å². The van der Waals surface area contributed by atoms with Crippen molar-refractivity contribution in [2.45, 2.75) is 19.3 Å². The van der Waals surface area contributed by atoms with E-state index in [-0.39, 0.29) is 5.91 Å². The van der Waals surface area contributed by atoms with Crippen LogP contribution in [0.3, 0.4) is 0 Å². The summed E-state index contributed by atoms with van der Waals surface area (Å²) in [5.74, 6) is 0.623. The molecule has 3 heterocycles. The van der Waals surface area contributed by atoms with Crippen molar-refractivity contribution in [3.8, 4) is 0 Å². The van der Waals surface area contributed by atoms with Crippen LogP contribution in [0.15, 0.2) is 12.4 Å². The Hall–Kier alpha value is -1.73. The molecule has 1 N–H and O–H groups in total. The van der Waals surface area contributed by atoms with Crippen LogP contribution in [0, 0.1) is 0 Å². The van der Waals surface area contributed by atoms with Gasteiger partial charge in [-0.3, -0.25) is 9.69 Å². The summed E-state index contributed by atoms with van der Waals surface area (Å²) in [6, 6.07) is 0. The Kier molecular flexibility index (Phi) is 5.76. The Morgan fingerprint density at radius 3 is 2.48 bits per heavy atom. The molecule has 0 atom stereocenters. The second kappa shape index (κ2) is 8.21. The Morgan fingerprint density at radius 1 is 1.09 bits per heavy atom. The van der Waals surface area contributed by atoms with Gasteiger partial charge in [-0.25, -0.2) is 9.97 Å². The van der Waals surface area contributed by atoms with Crippen LogP contribution in [0.2, 0.25) is 0 Å². The lowest BCUT2D eigenvalue weighted by Gasteiger charge is -2.26. The van der Waals surface area contributed by atoms with E-state index in [1.807, 2.05) is 0 Å². The lowest BCUT2D eigenvalue weighted by Crippen LogP contribution is -2.41. The highest BCUT2D eigenvalue weighted by molar-refractivity contribution is 5.93. The molecule has 23 heavy (non-hydrogen) atoms. The maximum Gasteiger partial charge on any atom is 0.254 e. The van der Waals surface area contributed by atoms with Crippen molar-refractivity contribution in [2.24, 2.45) is 0 Å². The molecular weight excluding hydrogens is 294 g/mol. The van der Waals surface area contributed by atoms with Crippen LogP contribution >= 0.6 is 0 Å². The van der Waals surface area contributed by atoms with Gasteiger partial charge in [0, 0.05) is 51.7 Å². The molecule has 0 saturated carbocycles. The Balaban J connectivity index is 1.45. The smallest absolute Gasteiger partial charge is 0.254 e. The topological polar surface area (TPSA) is 70.6 Å². The number of carbonyl (C=O) groups is 1. The number of morpholine rings is 1. The van der Waals surface area contributed by atoms with Gasteiger partial charge in [0.15, 0.2) is 0 Å². The van der Waals surface area contributed by atoms with Gasteiger partial charge in [-0.2, -0.15) is 0 Å². The van der Waals surface area contributed by atoms with E-state index >= 15 is 0 Å². The van der Waals surface area contributed by atoms with E-state index in [4.69, 9.17) is 4.74 Å². The molecule has 126 valence electrons. The van der Waals surface area contributed by atoms with E-state index in [2.05, 4.69) is 25.1 Å². The highest BCUT2D eigenvalue weighted by Gasteiger charge is 2.15. The molecule has 2 aliphatic heterocycles. The van der Waals surface area contributed by atoms with E-state index in [0.717, 1.165) is 51.9 Å². The number of anilines is 1. The maximum absolute atomic E-state index is 12.1. The SMILES string of the molecule is O=C(NCCN1CCOCC1)c1cnc(N2CCCCC2)nc1. The fourth-order valence-electron chi connectivity index (χ4n) is 2.95. The predicted molar refractivity (Wildman–Crippen MR) is 87.7 cm³/mol. The number of carbonyl (C=O) groups excluding carboxylic acids is 1. The first-order chi connectivity index (χ1) is 11.3. The molecule has 7 heteroatoms. The minimum atomic E-state index is -0.108. The standard InChI is InChI=1S/C16H25N5O2/c22-15(17-4-7-20-8-10-23-11-9-20)14-12-18-16(19-13-14)21-5-2-1-3-6-21/h12-13H,1-11H2,(H,17,22). The number of piperidine rings is 1. The lowest BCUT2D eigenvalue weighted by molar-refractivity contribution is 0.0383. The zero-order valence-corrected chi connectivity index (χ0v) is 13.5. The van der Waals surface area contributed by atoms with Crippen molar-refractivity contribution in [3.63, 3.8) is 0 Å². The van der Waals surface area contributed by atoms with Crippen LogP contribution in [0.1, 0.15) is 29.6 Å². The van der Waals surface area contributed by atoms with Gasteiger partial charge in [0.05, 0.1) is 18.8 Å². The van der Waals surface area contributed by atoms with Crippen LogP contribution in [0.4, 0.5) is 5.95 Å². The summed E-state index contributed by atoms with van der Waals surface area (Å²) in [7, 11) is 0. The first kappa shape index (κ1) is 16.1. The van der Waals surface area contributed by atoms with Gasteiger partial charge in [-0.15, -0.1) is 0 Å². The number of amides is 1. The highest BCUT2D eigenvalue weighted by Crippen LogP contribution is 2.14. The van der Waals surface area contributed by atoms with Crippen molar-refractivity contribution in [2.75, 3.05) is 57.4 Å². The Labute approximate surface area is 137 Å². The third-order valence-corrected chi connectivity index (χ3v) is 4.36. The first-order valence-corrected chi connectivity index (χ1v) is 8.48. The number of rotatable bonds is 5. The summed E-state index contributed by atoms with van der Waals surface area (Å²) in [6.45, 7) is 6.91. The Morgan fingerprint density at radius 2 is 1.78 bits per heavy atom. The lowest BCUT2D eigenvalue weighted by atomic mass is 10.1. The van der Waals surface area contributed by atoms with E-state index in [1.54, 1.807) is 12.4 Å². The van der Waals surface area contributed by atoms with Crippen molar-refractivity contribution in [1.29, 1.82) is 0 Å². The zero-order chi connectivity index (χ0) is 15.9. The monoisotopic (exact) mass is 319 g/mol. The first-order valence-electron chi connectivity index (χ1n) is 8.48. The van der Waals surface area contributed by atoms with E-state index in [0.29, 0.717) is 12.1 Å². The predicted octanol–water partition coefficient (Wildman–Crippen LogP) is 0.529. The molecule has 1 amide bonds. The molecule has 0 radical (unpaired) electrons. The number of aromatic nitrogens is 2. The fraction of sp³-hybridized carbons (Fsp3) is 0.688. The van der Waals surface area contributed by atoms with Crippen LogP contribution in [0.5, 0.6) is 0 Å². The summed E-state index contributed by atoms with van der Waals surface area (Å²) in [6.07, 6.45) is 6.91. The normalized spacial score (nSPS) is 19.6. The van der Waals surface area contributed by atoms with Gasteiger partial charge < -0.3 is 15.0 Å². The number of ether oxygens (including phenoxy) is 1. The highest BCUT2D eigenvalue weighted by atomic mass is 16.5. The second-order valence-corrected chi connectivity index (χ2v) is 6.03. The van der Waals surface area contributed by atoms with Crippen LogP contribution < -0.4 is 10.2 Å². The van der Waals surface area contributed by atoms with Gasteiger partial charge in [0.25, 0.3) is 5.91 Å². The van der Waals surface area contributed by atoms with E-state index in [1.165, 1.54) is 19.3 Å². The minimum absolute atomic E-state index is 0.108. The zero-order valence-electron chi connectivity index (χ0n) is 13.5. The van der Waals surface area contributed by atoms with Crippen molar-refractivity contribution >= 4 is 11.9 Å². The van der Waals surface area contributed by atoms with Gasteiger partial charge in [-0.1, -0.05) is 0 Å². The average molecular weight is 319 g/mol. The summed E-state index contributed by atoms with van der Waals surface area (Å²) in [5, 5.41) is 2.93. The number of hydrogen-bond acceptors (Lipinski definition) is 6. The molecule has 0 bridgehead atoms. The molecule has 0 unspecified atom stereocenters. The number of nitrogens with one attached hydrogen (secondary N) is 1. The summed E-state index contributed by atoms with van der Waals surface area (Å²) >= 11 is 0. The second-order valence-electron chi connectivity index (χ2n) is 6.03. The molecule has 0 spiro atoms. The summed E-state index contributed by atoms with van der Waals surface area (Å²) in [5.41, 5.74) is 0.521. The van der Waals surface area contributed by atoms with Crippen molar-refractivity contribution in [3.05, 3.63) is 18.0 Å². The minimum Gasteiger partial charge on any atom is -0.379 e. The van der Waals surface area contributed by atoms with Crippen molar-refractivity contribution < 1.29 is 9.53 Å². The van der Waals surface area contributed by atoms with E-state index in [9.17, 15) is 4.79 Å². The molecule has 2 fully saturated rings. The van der Waals surface area contributed by atoms with Gasteiger partial charge in [0.2, 0.25) is 5.95 Å². The van der Waals surface area contributed by atoms with Gasteiger partial charge in [-0.05, 0) is 19.3 Å². The number of nitrogens with zero attached hydrogens (tertiary/aromatic N) is 4. The summed E-state index contributed by atoms with van der Waals surface area (Å²) in [4.78, 5) is 25.3. The molecule has 2 aliphatic rings. The maximum atomic E-state index is 12.1. The van der Waals surface area contributed by atoms with Crippen LogP contribution in [-0.2, 0) is 4.74 Å². The summed E-state index contributed by atoms with van der Waals surface area (Å²) < 4.78 is 5.31. The molecule has 7 nitrogen and oxygen atoms in total.